The summed E-state index contributed by atoms with van der Waals surface area (Å²) in [5.41, 5.74) is 1.81. The molecule has 2 aliphatic heterocycles. The number of hydrogen-bond donors (Lipinski definition) is 0. The van der Waals surface area contributed by atoms with Crippen molar-refractivity contribution in [1.29, 1.82) is 0 Å². The van der Waals surface area contributed by atoms with E-state index in [-0.39, 0.29) is 17.3 Å². The fraction of sp³-hybridized carbons (Fsp3) is 0.171. The number of hydrogen-bond acceptors (Lipinski definition) is 6. The van der Waals surface area contributed by atoms with E-state index in [1.54, 1.807) is 61.7 Å². The first-order valence-electron chi connectivity index (χ1n) is 13.7. The first kappa shape index (κ1) is 26.2. The molecule has 0 N–H and O–H groups in total. The molecule has 3 atom stereocenters. The number of ether oxygens (including phenoxy) is 2. The molecular formula is C35H26ClNO5. The van der Waals surface area contributed by atoms with Gasteiger partial charge in [-0.2, -0.15) is 0 Å². The maximum absolute atomic E-state index is 14.7. The Bertz CT molecular complexity index is 1780. The molecule has 42 heavy (non-hydrogen) atoms. The summed E-state index contributed by atoms with van der Waals surface area (Å²) in [5.74, 6) is -0.673. The van der Waals surface area contributed by atoms with E-state index in [1.807, 2.05) is 53.5 Å². The Hall–Kier alpha value is -4.68. The number of methoxy groups -OCH3 is 2. The van der Waals surface area contributed by atoms with Gasteiger partial charge in [0, 0.05) is 33.3 Å². The topological polar surface area (TPSA) is 72.9 Å². The molecule has 1 fully saturated rings. The molecule has 4 aromatic carbocycles. The summed E-state index contributed by atoms with van der Waals surface area (Å²) >= 11 is 6.38. The number of rotatable bonds is 5. The molecule has 0 radical (unpaired) electrons. The highest BCUT2D eigenvalue weighted by Gasteiger charge is 2.71. The minimum Gasteiger partial charge on any atom is -0.493 e. The zero-order chi connectivity index (χ0) is 29.2. The highest BCUT2D eigenvalue weighted by atomic mass is 35.5. The predicted octanol–water partition coefficient (Wildman–Crippen LogP) is 6.67. The summed E-state index contributed by atoms with van der Waals surface area (Å²) in [6.45, 7) is 0. The first-order chi connectivity index (χ1) is 20.4. The lowest BCUT2D eigenvalue weighted by Gasteiger charge is -2.37. The lowest BCUT2D eigenvalue weighted by Crippen LogP contribution is -2.48. The molecule has 1 aliphatic carbocycles. The highest BCUT2D eigenvalue weighted by Crippen LogP contribution is 2.61. The quantitative estimate of drug-likeness (QED) is 0.195. The lowest BCUT2D eigenvalue weighted by molar-refractivity contribution is 0.0665. The number of carbonyl (C=O) groups excluding carboxylic acids is 3. The van der Waals surface area contributed by atoms with Crippen molar-refractivity contribution in [3.05, 3.63) is 130 Å². The van der Waals surface area contributed by atoms with Crippen molar-refractivity contribution in [1.82, 2.24) is 0 Å². The van der Waals surface area contributed by atoms with E-state index in [1.165, 1.54) is 7.11 Å². The third-order valence-electron chi connectivity index (χ3n) is 8.86. The average Bonchev–Trinajstić information content (AvgIpc) is 3.46. The van der Waals surface area contributed by atoms with Crippen LogP contribution < -0.4 is 14.4 Å². The van der Waals surface area contributed by atoms with Crippen molar-refractivity contribution < 1.29 is 23.9 Å². The molecule has 3 aliphatic rings. The minimum absolute atomic E-state index is 0.190. The molecule has 7 heteroatoms. The number of halogens is 1. The van der Waals surface area contributed by atoms with Crippen molar-refractivity contribution in [3.8, 4) is 11.5 Å². The Morgan fingerprint density at radius 1 is 0.810 bits per heavy atom. The smallest absolute Gasteiger partial charge is 0.185 e. The summed E-state index contributed by atoms with van der Waals surface area (Å²) in [6.07, 6.45) is 3.78. The van der Waals surface area contributed by atoms with Crippen molar-refractivity contribution in [2.45, 2.75) is 18.0 Å². The number of fused-ring (bicyclic) bond motifs is 5. The van der Waals surface area contributed by atoms with E-state index in [9.17, 15) is 14.4 Å². The summed E-state index contributed by atoms with van der Waals surface area (Å²) in [6, 6.07) is 25.1. The van der Waals surface area contributed by atoms with Crippen molar-refractivity contribution >= 4 is 40.7 Å². The van der Waals surface area contributed by atoms with E-state index in [2.05, 4.69) is 0 Å². The second kappa shape index (κ2) is 9.71. The van der Waals surface area contributed by atoms with Crippen LogP contribution in [0.4, 0.5) is 5.69 Å². The molecule has 0 unspecified atom stereocenters. The molecule has 0 bridgehead atoms. The van der Waals surface area contributed by atoms with Crippen LogP contribution in [0.5, 0.6) is 11.5 Å². The fourth-order valence-corrected chi connectivity index (χ4v) is 7.32. The van der Waals surface area contributed by atoms with Crippen LogP contribution in [-0.4, -0.2) is 43.7 Å². The molecular weight excluding hydrogens is 550 g/mol. The van der Waals surface area contributed by atoms with Gasteiger partial charge >= 0.3 is 0 Å². The van der Waals surface area contributed by atoms with Gasteiger partial charge in [0.1, 0.15) is 11.5 Å². The third kappa shape index (κ3) is 3.48. The van der Waals surface area contributed by atoms with Crippen molar-refractivity contribution in [2.75, 3.05) is 19.1 Å². The number of benzene rings is 4. The molecule has 1 spiro atoms. The van der Waals surface area contributed by atoms with Crippen molar-refractivity contribution in [2.24, 2.45) is 5.41 Å². The number of anilines is 1. The molecule has 0 aromatic heterocycles. The van der Waals surface area contributed by atoms with Crippen molar-refractivity contribution in [3.63, 3.8) is 0 Å². The second-order valence-corrected chi connectivity index (χ2v) is 11.2. The van der Waals surface area contributed by atoms with Gasteiger partial charge in [-0.25, -0.2) is 0 Å². The number of nitrogens with zero attached hydrogens (tertiary/aromatic N) is 1. The third-order valence-corrected chi connectivity index (χ3v) is 9.09. The van der Waals surface area contributed by atoms with E-state index in [4.69, 9.17) is 21.1 Å². The summed E-state index contributed by atoms with van der Waals surface area (Å²) in [5, 5.41) is 0.550. The van der Waals surface area contributed by atoms with Gasteiger partial charge in [-0.15, -0.1) is 0 Å². The van der Waals surface area contributed by atoms with Crippen LogP contribution in [0.1, 0.15) is 48.1 Å². The average molecular weight is 576 g/mol. The number of carbonyl (C=O) groups is 3. The molecule has 208 valence electrons. The molecule has 0 saturated carbocycles. The monoisotopic (exact) mass is 575 g/mol. The molecule has 2 heterocycles. The Labute approximate surface area is 248 Å². The van der Waals surface area contributed by atoms with Crippen LogP contribution in [0.15, 0.2) is 97.1 Å². The predicted molar refractivity (Wildman–Crippen MR) is 161 cm³/mol. The van der Waals surface area contributed by atoms with E-state index >= 15 is 0 Å². The maximum Gasteiger partial charge on any atom is 0.185 e. The van der Waals surface area contributed by atoms with Gasteiger partial charge in [0.2, 0.25) is 0 Å². The Morgan fingerprint density at radius 2 is 1.48 bits per heavy atom. The molecule has 7 rings (SSSR count). The normalized spacial score (nSPS) is 21.2. The lowest BCUT2D eigenvalue weighted by atomic mass is 9.64. The van der Waals surface area contributed by atoms with Crippen LogP contribution in [0, 0.1) is 5.41 Å². The van der Waals surface area contributed by atoms with Crippen LogP contribution >= 0.6 is 11.6 Å². The number of ketones is 3. The fourth-order valence-electron chi connectivity index (χ4n) is 7.14. The minimum atomic E-state index is -1.60. The summed E-state index contributed by atoms with van der Waals surface area (Å²) in [4.78, 5) is 46.2. The van der Waals surface area contributed by atoms with Gasteiger partial charge in [0.25, 0.3) is 0 Å². The molecule has 6 nitrogen and oxygen atoms in total. The van der Waals surface area contributed by atoms with Gasteiger partial charge < -0.3 is 14.4 Å². The van der Waals surface area contributed by atoms with Gasteiger partial charge in [-0.1, -0.05) is 84.4 Å². The van der Waals surface area contributed by atoms with E-state index in [0.717, 1.165) is 11.3 Å². The maximum atomic E-state index is 14.7. The number of Topliss-reactive ketones (excluding diaryl/α,β-unsaturated/α-hetero) is 3. The van der Waals surface area contributed by atoms with Crippen LogP contribution in [0.2, 0.25) is 5.02 Å². The van der Waals surface area contributed by atoms with Gasteiger partial charge in [0.05, 0.1) is 20.3 Å². The zero-order valence-electron chi connectivity index (χ0n) is 22.9. The second-order valence-electron chi connectivity index (χ2n) is 10.8. The molecule has 4 aromatic rings. The summed E-state index contributed by atoms with van der Waals surface area (Å²) in [7, 11) is 3.08. The largest absolute Gasteiger partial charge is 0.493 e. The zero-order valence-corrected chi connectivity index (χ0v) is 23.7. The Kier molecular flexibility index (Phi) is 6.06. The Balaban J connectivity index is 1.56. The Morgan fingerprint density at radius 3 is 2.14 bits per heavy atom. The SMILES string of the molecule is COc1ccc([C@H]2[C@@H](C(=O)c3ccccc3)N3c4ccc(Cl)cc4C=C[C@@H]3C23C(=O)c2ccccc2C3=O)cc1OC. The van der Waals surface area contributed by atoms with Crippen LogP contribution in [-0.2, 0) is 0 Å². The molecule has 0 amide bonds. The standard InChI is InChI=1S/C35H26ClNO5/c1-41-27-16-12-22(19-28(27)42-2)30-31(32(38)20-8-4-3-5-9-20)37-26-15-14-23(36)18-21(26)13-17-29(37)35(30)33(39)24-10-6-7-11-25(24)34(35)40/h3-19,29-31H,1-2H3/t29-,30+,31+/m1/s1. The van der Waals surface area contributed by atoms with Crippen LogP contribution in [0.25, 0.3) is 6.08 Å². The van der Waals surface area contributed by atoms with E-state index < -0.39 is 23.4 Å². The first-order valence-corrected chi connectivity index (χ1v) is 14.1. The van der Waals surface area contributed by atoms with Crippen LogP contribution in [0.3, 0.4) is 0 Å². The van der Waals surface area contributed by atoms with E-state index in [0.29, 0.717) is 38.8 Å². The van der Waals surface area contributed by atoms with Gasteiger partial charge in [-0.3, -0.25) is 14.4 Å². The van der Waals surface area contributed by atoms with Gasteiger partial charge in [-0.05, 0) is 41.5 Å². The molecule has 1 saturated heterocycles. The van der Waals surface area contributed by atoms with Gasteiger partial charge in [0.15, 0.2) is 28.8 Å². The summed E-state index contributed by atoms with van der Waals surface area (Å²) < 4.78 is 11.1. The highest BCUT2D eigenvalue weighted by molar-refractivity contribution is 6.32.